The number of hydrogen-bond donors (Lipinski definition) is 0. The van der Waals surface area contributed by atoms with E-state index in [0.29, 0.717) is 24.1 Å². The van der Waals surface area contributed by atoms with Crippen molar-refractivity contribution in [1.82, 2.24) is 0 Å². The fraction of sp³-hybridized carbons (Fsp3) is 0.212. The molecular weight excluding hydrogens is 564 g/mol. The van der Waals surface area contributed by atoms with E-state index in [0.717, 1.165) is 48.7 Å². The zero-order valence-electron chi connectivity index (χ0n) is 22.4. The predicted octanol–water partition coefficient (Wildman–Crippen LogP) is 10.2. The first-order valence-corrected chi connectivity index (χ1v) is 13.1. The summed E-state index contributed by atoms with van der Waals surface area (Å²) in [6, 6.07) is 10.6. The molecule has 1 aliphatic rings. The van der Waals surface area contributed by atoms with Gasteiger partial charge in [-0.15, -0.1) is 0 Å². The summed E-state index contributed by atoms with van der Waals surface area (Å²) in [5.74, 6) is -8.36. The van der Waals surface area contributed by atoms with Crippen LogP contribution in [-0.2, 0) is 11.5 Å². The highest BCUT2D eigenvalue weighted by Gasteiger charge is 2.38. The second-order valence-electron chi connectivity index (χ2n) is 10.7. The van der Waals surface area contributed by atoms with Gasteiger partial charge in [0.25, 0.3) is 0 Å². The van der Waals surface area contributed by atoms with Crippen molar-refractivity contribution < 1.29 is 39.9 Å². The molecule has 0 spiro atoms. The van der Waals surface area contributed by atoms with Crippen LogP contribution in [-0.4, -0.2) is 0 Å². The molecule has 218 valence electrons. The highest BCUT2D eigenvalue weighted by atomic mass is 19.3. The van der Waals surface area contributed by atoms with Gasteiger partial charge in [-0.25, -0.2) is 26.3 Å². The Morgan fingerprint density at radius 3 is 1.93 bits per heavy atom. The topological polar surface area (TPSA) is 9.23 Å². The summed E-state index contributed by atoms with van der Waals surface area (Å²) in [6.45, 7) is 4.10. The van der Waals surface area contributed by atoms with E-state index in [1.807, 2.05) is 13.0 Å². The van der Waals surface area contributed by atoms with Gasteiger partial charge in [0.05, 0.1) is 5.56 Å². The zero-order chi connectivity index (χ0) is 30.4. The zero-order valence-corrected chi connectivity index (χ0v) is 22.4. The standard InChI is InChI=1S/C33H24F8O/c1-18-9-11-32(2,12-10-18)21-4-6-23(26(34)16-21)19-3-8-25(28(36)13-19)33(40,41)42-22-5-7-24(27(35)17-22)20-14-29(37)31(39)30(38)15-20/h3-9,11,13-18H,10,12H2,1-2H3/t18?,32-/m1/s1. The average molecular weight is 589 g/mol. The molecule has 4 aromatic carbocycles. The molecular formula is C33H24F8O. The van der Waals surface area contributed by atoms with Crippen molar-refractivity contribution in [2.24, 2.45) is 5.92 Å². The van der Waals surface area contributed by atoms with E-state index in [9.17, 15) is 30.7 Å². The van der Waals surface area contributed by atoms with Crippen molar-refractivity contribution in [3.63, 3.8) is 0 Å². The van der Waals surface area contributed by atoms with Gasteiger partial charge < -0.3 is 4.74 Å². The Bertz CT molecular complexity index is 1670. The summed E-state index contributed by atoms with van der Waals surface area (Å²) in [7, 11) is 0. The Balaban J connectivity index is 1.37. The van der Waals surface area contributed by atoms with Crippen LogP contribution in [0.3, 0.4) is 0 Å². The Labute approximate surface area is 237 Å². The van der Waals surface area contributed by atoms with Gasteiger partial charge in [0.2, 0.25) is 0 Å². The first-order valence-electron chi connectivity index (χ1n) is 13.1. The smallest absolute Gasteiger partial charge is 0.429 e. The molecule has 4 aromatic rings. The third-order valence-electron chi connectivity index (χ3n) is 7.62. The van der Waals surface area contributed by atoms with Crippen LogP contribution in [0.4, 0.5) is 35.1 Å². The van der Waals surface area contributed by atoms with Crippen molar-refractivity contribution in [3.8, 4) is 28.0 Å². The summed E-state index contributed by atoms with van der Waals surface area (Å²) in [6.07, 6.45) is 1.64. The van der Waals surface area contributed by atoms with Crippen molar-refractivity contribution in [2.45, 2.75) is 38.2 Å². The van der Waals surface area contributed by atoms with Crippen LogP contribution >= 0.6 is 0 Å². The first-order chi connectivity index (χ1) is 19.8. The molecule has 0 aromatic heterocycles. The van der Waals surface area contributed by atoms with Gasteiger partial charge in [-0.05, 0) is 77.9 Å². The van der Waals surface area contributed by atoms with Gasteiger partial charge >= 0.3 is 6.11 Å². The predicted molar refractivity (Wildman–Crippen MR) is 143 cm³/mol. The van der Waals surface area contributed by atoms with Crippen molar-refractivity contribution in [3.05, 3.63) is 125 Å². The molecule has 1 unspecified atom stereocenters. The largest absolute Gasteiger partial charge is 0.429 e. The van der Waals surface area contributed by atoms with Gasteiger partial charge in [0.15, 0.2) is 17.5 Å². The minimum atomic E-state index is -4.27. The fourth-order valence-electron chi connectivity index (χ4n) is 5.05. The first kappa shape index (κ1) is 29.4. The van der Waals surface area contributed by atoms with Gasteiger partial charge in [-0.2, -0.15) is 8.78 Å². The molecule has 0 saturated carbocycles. The van der Waals surface area contributed by atoms with Crippen LogP contribution in [0, 0.1) is 40.8 Å². The van der Waals surface area contributed by atoms with Crippen LogP contribution in [0.2, 0.25) is 0 Å². The minimum Gasteiger partial charge on any atom is -0.429 e. The fourth-order valence-corrected chi connectivity index (χ4v) is 5.05. The SMILES string of the molecule is CC1C=C[C@@](C)(c2ccc(-c3ccc(C(F)(F)Oc4ccc(-c5cc(F)c(F)c(F)c5)c(F)c4)c(F)c3)c(F)c2)CC1. The number of rotatable bonds is 6. The van der Waals surface area contributed by atoms with E-state index >= 15 is 4.39 Å². The van der Waals surface area contributed by atoms with Crippen LogP contribution in [0.25, 0.3) is 22.3 Å². The monoisotopic (exact) mass is 588 g/mol. The Kier molecular flexibility index (Phi) is 7.64. The molecule has 0 aliphatic heterocycles. The maximum absolute atomic E-state index is 15.1. The van der Waals surface area contributed by atoms with E-state index in [2.05, 4.69) is 17.7 Å². The Morgan fingerprint density at radius 1 is 0.714 bits per heavy atom. The molecule has 1 aliphatic carbocycles. The molecule has 1 nitrogen and oxygen atoms in total. The van der Waals surface area contributed by atoms with Gasteiger partial charge in [0.1, 0.15) is 23.2 Å². The Morgan fingerprint density at radius 2 is 1.33 bits per heavy atom. The van der Waals surface area contributed by atoms with Crippen molar-refractivity contribution >= 4 is 0 Å². The third-order valence-corrected chi connectivity index (χ3v) is 7.62. The second kappa shape index (κ2) is 10.9. The molecule has 0 radical (unpaired) electrons. The highest BCUT2D eigenvalue weighted by molar-refractivity contribution is 5.66. The van der Waals surface area contributed by atoms with Crippen molar-refractivity contribution in [2.75, 3.05) is 0 Å². The number of ether oxygens (including phenoxy) is 1. The molecule has 0 saturated heterocycles. The number of benzene rings is 4. The summed E-state index contributed by atoms with van der Waals surface area (Å²) in [5.41, 5.74) is -1.51. The minimum absolute atomic E-state index is 0.0246. The number of alkyl halides is 2. The summed E-state index contributed by atoms with van der Waals surface area (Å²) < 4.78 is 119. The molecule has 5 rings (SSSR count). The van der Waals surface area contributed by atoms with Gasteiger partial charge in [0, 0.05) is 22.6 Å². The lowest BCUT2D eigenvalue weighted by molar-refractivity contribution is -0.187. The molecule has 0 bridgehead atoms. The van der Waals surface area contributed by atoms with Crippen molar-refractivity contribution in [1.29, 1.82) is 0 Å². The number of halogens is 8. The van der Waals surface area contributed by atoms with Crippen LogP contribution < -0.4 is 4.74 Å². The van der Waals surface area contributed by atoms with E-state index in [-0.39, 0.29) is 22.1 Å². The molecule has 2 atom stereocenters. The molecule has 9 heteroatoms. The van der Waals surface area contributed by atoms with E-state index < -0.39 is 57.9 Å². The Hall–Kier alpha value is -4.14. The van der Waals surface area contributed by atoms with Gasteiger partial charge in [-0.3, -0.25) is 0 Å². The quantitative estimate of drug-likeness (QED) is 0.124. The molecule has 0 N–H and O–H groups in total. The number of hydrogen-bond acceptors (Lipinski definition) is 1. The van der Waals surface area contributed by atoms with Gasteiger partial charge in [-0.1, -0.05) is 44.2 Å². The molecule has 42 heavy (non-hydrogen) atoms. The molecule has 0 fully saturated rings. The van der Waals surface area contributed by atoms with E-state index in [1.54, 1.807) is 6.07 Å². The second-order valence-corrected chi connectivity index (χ2v) is 10.7. The average Bonchev–Trinajstić information content (AvgIpc) is 2.93. The lowest BCUT2D eigenvalue weighted by atomic mass is 9.73. The van der Waals surface area contributed by atoms with Crippen LogP contribution in [0.1, 0.15) is 37.8 Å². The lowest BCUT2D eigenvalue weighted by Crippen LogP contribution is -2.24. The summed E-state index contributed by atoms with van der Waals surface area (Å²) in [4.78, 5) is 0. The highest BCUT2D eigenvalue weighted by Crippen LogP contribution is 2.40. The normalized spacial score (nSPS) is 18.8. The maximum atomic E-state index is 15.1. The maximum Gasteiger partial charge on any atom is 0.429 e. The number of allylic oxidation sites excluding steroid dienone is 2. The lowest BCUT2D eigenvalue weighted by Gasteiger charge is -2.32. The van der Waals surface area contributed by atoms with E-state index in [4.69, 9.17) is 0 Å². The molecule has 0 heterocycles. The summed E-state index contributed by atoms with van der Waals surface area (Å²) >= 11 is 0. The summed E-state index contributed by atoms with van der Waals surface area (Å²) in [5, 5.41) is 0. The van der Waals surface area contributed by atoms with Crippen LogP contribution in [0.5, 0.6) is 5.75 Å². The molecule has 0 amide bonds. The van der Waals surface area contributed by atoms with Crippen LogP contribution in [0.15, 0.2) is 78.9 Å². The third kappa shape index (κ3) is 5.65. The van der Waals surface area contributed by atoms with E-state index in [1.165, 1.54) is 12.1 Å².